The van der Waals surface area contributed by atoms with E-state index in [1.54, 1.807) is 18.2 Å². The number of nitrogens with one attached hydrogen (secondary N) is 1. The predicted molar refractivity (Wildman–Crippen MR) is 160 cm³/mol. The summed E-state index contributed by atoms with van der Waals surface area (Å²) >= 11 is 0. The summed E-state index contributed by atoms with van der Waals surface area (Å²) in [5.74, 6) is -1.75. The van der Waals surface area contributed by atoms with Gasteiger partial charge in [-0.1, -0.05) is 80.1 Å². The Morgan fingerprint density at radius 1 is 0.952 bits per heavy atom. The summed E-state index contributed by atoms with van der Waals surface area (Å²) in [5.41, 5.74) is 3.04. The first-order valence-corrected chi connectivity index (χ1v) is 16.5. The third-order valence-electron chi connectivity index (χ3n) is 8.68. The summed E-state index contributed by atoms with van der Waals surface area (Å²) in [6, 6.07) is 24.6. The molecule has 0 spiro atoms. The highest BCUT2D eigenvalue weighted by Gasteiger charge is 2.52. The van der Waals surface area contributed by atoms with Crippen molar-refractivity contribution in [3.63, 3.8) is 0 Å². The lowest BCUT2D eigenvalue weighted by molar-refractivity contribution is -0.180. The molecule has 0 amide bonds. The molecular formula is C34H36N2O5S. The molecule has 3 unspecified atom stereocenters. The Hall–Kier alpha value is -3.78. The fraction of sp³-hybridized carbons (Fsp3) is 0.382. The minimum Gasteiger partial charge on any atom is -0.458 e. The number of fused-ring (bicyclic) bond motifs is 1. The number of Topliss-reactive ketones (excluding diaryl/α,β-unsaturated/α-hetero) is 1. The van der Waals surface area contributed by atoms with Crippen molar-refractivity contribution in [2.75, 3.05) is 0 Å². The van der Waals surface area contributed by atoms with Crippen molar-refractivity contribution in [2.45, 2.75) is 74.3 Å². The standard InChI is InChI=1S/C34H36N2O5S/c1-2-18-34(19-17-23-9-4-3-5-10-23)21-29(37)31(32(38)41-34)30(25-15-16-25)26-12-8-11-24(20-26)22-42(39,40)33-35-27-13-6-7-14-28(27)36-33/h3-14,20,25,30-31H,2,15-19,21-22H2,1H3,(H,35,36). The molecule has 1 aromatic heterocycles. The molecule has 4 aromatic rings. The normalized spacial score (nSPS) is 21.8. The number of cyclic esters (lactones) is 1. The van der Waals surface area contributed by atoms with Gasteiger partial charge in [-0.3, -0.25) is 9.59 Å². The molecule has 8 heteroatoms. The van der Waals surface area contributed by atoms with E-state index in [2.05, 4.69) is 22.1 Å². The van der Waals surface area contributed by atoms with Crippen molar-refractivity contribution in [3.05, 3.63) is 95.6 Å². The van der Waals surface area contributed by atoms with Gasteiger partial charge in [-0.2, -0.15) is 0 Å². The second-order valence-electron chi connectivity index (χ2n) is 11.9. The van der Waals surface area contributed by atoms with Gasteiger partial charge in [0.25, 0.3) is 0 Å². The number of H-pyrrole nitrogens is 1. The molecule has 1 N–H and O–H groups in total. The number of ether oxygens (including phenoxy) is 1. The van der Waals surface area contributed by atoms with Crippen LogP contribution < -0.4 is 0 Å². The van der Waals surface area contributed by atoms with E-state index >= 15 is 0 Å². The number of carbonyl (C=O) groups excluding carboxylic acids is 2. The molecule has 1 aliphatic heterocycles. The van der Waals surface area contributed by atoms with Crippen molar-refractivity contribution in [3.8, 4) is 0 Å². The van der Waals surface area contributed by atoms with Gasteiger partial charge < -0.3 is 9.72 Å². The maximum Gasteiger partial charge on any atom is 0.317 e. The highest BCUT2D eigenvalue weighted by Crippen LogP contribution is 2.50. The molecule has 2 fully saturated rings. The quantitative estimate of drug-likeness (QED) is 0.163. The van der Waals surface area contributed by atoms with E-state index in [0.29, 0.717) is 29.4 Å². The highest BCUT2D eigenvalue weighted by atomic mass is 32.2. The van der Waals surface area contributed by atoms with Crippen LogP contribution in [0.25, 0.3) is 11.0 Å². The second kappa shape index (κ2) is 11.5. The van der Waals surface area contributed by atoms with Crippen LogP contribution in [-0.4, -0.2) is 35.7 Å². The number of hydrogen-bond donors (Lipinski definition) is 1. The van der Waals surface area contributed by atoms with Crippen LogP contribution in [0.15, 0.2) is 84.0 Å². The Morgan fingerprint density at radius 3 is 2.40 bits per heavy atom. The molecule has 42 heavy (non-hydrogen) atoms. The predicted octanol–water partition coefficient (Wildman–Crippen LogP) is 6.33. The number of aromatic nitrogens is 2. The molecule has 0 bridgehead atoms. The number of sulfone groups is 1. The fourth-order valence-corrected chi connectivity index (χ4v) is 7.80. The van der Waals surface area contributed by atoms with Gasteiger partial charge in [-0.05, 0) is 66.8 Å². The van der Waals surface area contributed by atoms with Crippen LogP contribution in [0.2, 0.25) is 0 Å². The summed E-state index contributed by atoms with van der Waals surface area (Å²) in [5, 5.41) is -0.0679. The first kappa shape index (κ1) is 28.3. The topological polar surface area (TPSA) is 106 Å². The molecule has 6 rings (SSSR count). The Morgan fingerprint density at radius 2 is 1.69 bits per heavy atom. The van der Waals surface area contributed by atoms with E-state index in [4.69, 9.17) is 4.74 Å². The zero-order valence-electron chi connectivity index (χ0n) is 23.8. The van der Waals surface area contributed by atoms with Crippen LogP contribution in [0.5, 0.6) is 0 Å². The average Bonchev–Trinajstić information content (AvgIpc) is 3.70. The molecule has 7 nitrogen and oxygen atoms in total. The Balaban J connectivity index is 1.23. The number of nitrogens with zero attached hydrogens (tertiary/aromatic N) is 1. The van der Waals surface area contributed by atoms with E-state index in [9.17, 15) is 18.0 Å². The van der Waals surface area contributed by atoms with Crippen LogP contribution >= 0.6 is 0 Å². The molecule has 1 saturated heterocycles. The molecule has 3 atom stereocenters. The molecular weight excluding hydrogens is 548 g/mol. The second-order valence-corrected chi connectivity index (χ2v) is 13.8. The van der Waals surface area contributed by atoms with E-state index in [1.807, 2.05) is 55.5 Å². The first-order valence-electron chi connectivity index (χ1n) is 14.8. The third kappa shape index (κ3) is 5.91. The molecule has 2 heterocycles. The van der Waals surface area contributed by atoms with Crippen LogP contribution in [0, 0.1) is 11.8 Å². The molecule has 1 saturated carbocycles. The van der Waals surface area contributed by atoms with Gasteiger partial charge in [0.15, 0.2) is 5.78 Å². The number of aromatic amines is 1. The van der Waals surface area contributed by atoms with Gasteiger partial charge in [0, 0.05) is 12.3 Å². The van der Waals surface area contributed by atoms with Crippen molar-refractivity contribution in [1.29, 1.82) is 0 Å². The number of ketones is 1. The van der Waals surface area contributed by atoms with Gasteiger partial charge in [0.1, 0.15) is 11.5 Å². The number of esters is 1. The van der Waals surface area contributed by atoms with Crippen molar-refractivity contribution < 1.29 is 22.7 Å². The fourth-order valence-electron chi connectivity index (χ4n) is 6.54. The van der Waals surface area contributed by atoms with Gasteiger partial charge >= 0.3 is 5.97 Å². The average molecular weight is 585 g/mol. The lowest BCUT2D eigenvalue weighted by atomic mass is 9.73. The molecule has 2 aliphatic rings. The third-order valence-corrected chi connectivity index (χ3v) is 10.2. The smallest absolute Gasteiger partial charge is 0.317 e. The summed E-state index contributed by atoms with van der Waals surface area (Å²) in [4.78, 5) is 34.7. The summed E-state index contributed by atoms with van der Waals surface area (Å²) in [6.07, 6.45) is 4.88. The minimum atomic E-state index is -3.74. The zero-order valence-corrected chi connectivity index (χ0v) is 24.6. The monoisotopic (exact) mass is 584 g/mol. The van der Waals surface area contributed by atoms with E-state index in [-0.39, 0.29) is 34.9 Å². The van der Waals surface area contributed by atoms with Gasteiger partial charge in [-0.15, -0.1) is 0 Å². The number of para-hydroxylation sites is 2. The number of aryl methyl sites for hydroxylation is 1. The number of hydrogen-bond acceptors (Lipinski definition) is 6. The number of benzene rings is 3. The SMILES string of the molecule is CCCC1(CCc2ccccc2)CC(=O)C(C(c2cccc(CS(=O)(=O)c3nc4ccccc4[nH]3)c2)C2CC2)C(=O)O1. The van der Waals surface area contributed by atoms with Crippen LogP contribution in [-0.2, 0) is 36.3 Å². The van der Waals surface area contributed by atoms with Gasteiger partial charge in [0.2, 0.25) is 15.0 Å². The van der Waals surface area contributed by atoms with E-state index in [1.165, 1.54) is 0 Å². The van der Waals surface area contributed by atoms with Crippen LogP contribution in [0.1, 0.15) is 68.1 Å². The molecule has 1 aliphatic carbocycles. The highest BCUT2D eigenvalue weighted by molar-refractivity contribution is 7.90. The van der Waals surface area contributed by atoms with E-state index in [0.717, 1.165) is 36.8 Å². The maximum absolute atomic E-state index is 13.8. The maximum atomic E-state index is 13.8. The number of carbonyl (C=O) groups is 2. The van der Waals surface area contributed by atoms with Crippen molar-refractivity contribution >= 4 is 32.6 Å². The molecule has 218 valence electrons. The summed E-state index contributed by atoms with van der Waals surface area (Å²) < 4.78 is 32.8. The summed E-state index contributed by atoms with van der Waals surface area (Å²) in [7, 11) is -3.74. The molecule has 3 aromatic carbocycles. The summed E-state index contributed by atoms with van der Waals surface area (Å²) in [6.45, 7) is 2.05. The number of rotatable bonds is 11. The van der Waals surface area contributed by atoms with Crippen LogP contribution in [0.3, 0.4) is 0 Å². The van der Waals surface area contributed by atoms with Gasteiger partial charge in [-0.25, -0.2) is 13.4 Å². The Kier molecular flexibility index (Phi) is 7.75. The first-order chi connectivity index (χ1) is 20.3. The van der Waals surface area contributed by atoms with E-state index < -0.39 is 27.3 Å². The Bertz CT molecular complexity index is 1660. The van der Waals surface area contributed by atoms with Crippen molar-refractivity contribution in [1.82, 2.24) is 9.97 Å². The van der Waals surface area contributed by atoms with Crippen LogP contribution in [0.4, 0.5) is 0 Å². The largest absolute Gasteiger partial charge is 0.458 e. The Labute approximate surface area is 246 Å². The zero-order chi connectivity index (χ0) is 29.3. The van der Waals surface area contributed by atoms with Crippen molar-refractivity contribution in [2.24, 2.45) is 11.8 Å². The lowest BCUT2D eigenvalue weighted by Gasteiger charge is -2.41. The van der Waals surface area contributed by atoms with Gasteiger partial charge in [0.05, 0.1) is 16.8 Å². The lowest BCUT2D eigenvalue weighted by Crippen LogP contribution is -2.49. The number of imidazole rings is 1. The minimum absolute atomic E-state index is 0.0649. The molecule has 0 radical (unpaired) electrons.